The van der Waals surface area contributed by atoms with Gasteiger partial charge < -0.3 is 10.6 Å². The van der Waals surface area contributed by atoms with Crippen LogP contribution in [-0.2, 0) is 6.42 Å². The second kappa shape index (κ2) is 5.54. The first-order valence-electron chi connectivity index (χ1n) is 5.06. The smallest absolute Gasteiger partial charge is 0.131 e. The number of aromatic nitrogens is 2. The fourth-order valence-electron chi connectivity index (χ4n) is 1.33. The first-order valence-corrected chi connectivity index (χ1v) is 5.06. The first kappa shape index (κ1) is 10.9. The predicted molar refractivity (Wildman–Crippen MR) is 57.9 cm³/mol. The SMILES string of the molecule is CCN(CC)CCc1nccc(N)n1. The highest BCUT2D eigenvalue weighted by atomic mass is 15.1. The van der Waals surface area contributed by atoms with Crippen molar-refractivity contribution in [2.45, 2.75) is 20.3 Å². The Balaban J connectivity index is 2.44. The fourth-order valence-corrected chi connectivity index (χ4v) is 1.33. The fraction of sp³-hybridized carbons (Fsp3) is 0.600. The van der Waals surface area contributed by atoms with Crippen molar-refractivity contribution in [2.24, 2.45) is 0 Å². The van der Waals surface area contributed by atoms with Crippen molar-refractivity contribution in [3.63, 3.8) is 0 Å². The molecular weight excluding hydrogens is 176 g/mol. The van der Waals surface area contributed by atoms with Crippen LogP contribution in [0.1, 0.15) is 19.7 Å². The Morgan fingerprint density at radius 3 is 2.64 bits per heavy atom. The van der Waals surface area contributed by atoms with Crippen LogP contribution in [0.15, 0.2) is 12.3 Å². The van der Waals surface area contributed by atoms with E-state index in [2.05, 4.69) is 28.7 Å². The van der Waals surface area contributed by atoms with Gasteiger partial charge in [-0.2, -0.15) is 0 Å². The third-order valence-electron chi connectivity index (χ3n) is 2.27. The Morgan fingerprint density at radius 1 is 1.36 bits per heavy atom. The van der Waals surface area contributed by atoms with Gasteiger partial charge in [0.15, 0.2) is 0 Å². The zero-order valence-corrected chi connectivity index (χ0v) is 8.90. The molecular formula is C10H18N4. The molecule has 1 aromatic heterocycles. The Bertz CT molecular complexity index is 271. The average molecular weight is 194 g/mol. The van der Waals surface area contributed by atoms with Gasteiger partial charge in [-0.3, -0.25) is 0 Å². The molecule has 0 unspecified atom stereocenters. The zero-order valence-electron chi connectivity index (χ0n) is 8.90. The van der Waals surface area contributed by atoms with Gasteiger partial charge in [0, 0.05) is 19.2 Å². The molecule has 2 N–H and O–H groups in total. The lowest BCUT2D eigenvalue weighted by atomic mass is 10.3. The van der Waals surface area contributed by atoms with Gasteiger partial charge in [-0.15, -0.1) is 0 Å². The van der Waals surface area contributed by atoms with Crippen molar-refractivity contribution in [1.82, 2.24) is 14.9 Å². The van der Waals surface area contributed by atoms with Crippen LogP contribution in [0, 0.1) is 0 Å². The molecule has 4 nitrogen and oxygen atoms in total. The molecule has 1 aromatic rings. The lowest BCUT2D eigenvalue weighted by Gasteiger charge is -2.16. The Hall–Kier alpha value is -1.16. The monoisotopic (exact) mass is 194 g/mol. The maximum absolute atomic E-state index is 5.57. The van der Waals surface area contributed by atoms with Crippen LogP contribution in [0.25, 0.3) is 0 Å². The molecule has 1 rings (SSSR count). The second-order valence-corrected chi connectivity index (χ2v) is 3.17. The molecule has 0 spiro atoms. The largest absolute Gasteiger partial charge is 0.384 e. The van der Waals surface area contributed by atoms with Crippen molar-refractivity contribution in [1.29, 1.82) is 0 Å². The normalized spacial score (nSPS) is 10.8. The van der Waals surface area contributed by atoms with Crippen molar-refractivity contribution < 1.29 is 0 Å². The molecule has 0 aliphatic heterocycles. The number of nitrogen functional groups attached to an aromatic ring is 1. The maximum Gasteiger partial charge on any atom is 0.131 e. The van der Waals surface area contributed by atoms with Gasteiger partial charge in [0.25, 0.3) is 0 Å². The molecule has 0 amide bonds. The molecule has 0 aromatic carbocycles. The summed E-state index contributed by atoms with van der Waals surface area (Å²) in [5, 5.41) is 0. The highest BCUT2D eigenvalue weighted by Crippen LogP contribution is 1.98. The highest BCUT2D eigenvalue weighted by molar-refractivity contribution is 5.24. The highest BCUT2D eigenvalue weighted by Gasteiger charge is 2.01. The number of hydrogen-bond acceptors (Lipinski definition) is 4. The Kier molecular flexibility index (Phi) is 4.32. The van der Waals surface area contributed by atoms with E-state index in [0.717, 1.165) is 31.9 Å². The van der Waals surface area contributed by atoms with E-state index in [4.69, 9.17) is 5.73 Å². The van der Waals surface area contributed by atoms with E-state index < -0.39 is 0 Å². The second-order valence-electron chi connectivity index (χ2n) is 3.17. The summed E-state index contributed by atoms with van der Waals surface area (Å²) in [6, 6.07) is 1.71. The number of hydrogen-bond donors (Lipinski definition) is 1. The topological polar surface area (TPSA) is 55.0 Å². The van der Waals surface area contributed by atoms with Crippen molar-refractivity contribution >= 4 is 5.82 Å². The van der Waals surface area contributed by atoms with Crippen molar-refractivity contribution in [3.8, 4) is 0 Å². The van der Waals surface area contributed by atoms with E-state index >= 15 is 0 Å². The molecule has 14 heavy (non-hydrogen) atoms. The number of nitrogens with zero attached hydrogens (tertiary/aromatic N) is 3. The van der Waals surface area contributed by atoms with Crippen LogP contribution in [0.3, 0.4) is 0 Å². The van der Waals surface area contributed by atoms with Crippen LogP contribution < -0.4 is 5.73 Å². The van der Waals surface area contributed by atoms with Crippen molar-refractivity contribution in [3.05, 3.63) is 18.1 Å². The standard InChI is InChI=1S/C10H18N4/c1-3-14(4-2)8-6-10-12-7-5-9(11)13-10/h5,7H,3-4,6,8H2,1-2H3,(H2,11,12,13). The van der Waals surface area contributed by atoms with E-state index in [9.17, 15) is 0 Å². The molecule has 78 valence electrons. The molecule has 4 heteroatoms. The quantitative estimate of drug-likeness (QED) is 0.758. The molecule has 0 atom stereocenters. The molecule has 0 fully saturated rings. The predicted octanol–water partition coefficient (Wildman–Crippen LogP) is 0.943. The summed E-state index contributed by atoms with van der Waals surface area (Å²) < 4.78 is 0. The number of nitrogens with two attached hydrogens (primary N) is 1. The van der Waals surface area contributed by atoms with Crippen LogP contribution in [0.4, 0.5) is 5.82 Å². The third-order valence-corrected chi connectivity index (χ3v) is 2.27. The van der Waals surface area contributed by atoms with Crippen molar-refractivity contribution in [2.75, 3.05) is 25.4 Å². The summed E-state index contributed by atoms with van der Waals surface area (Å²) in [5.41, 5.74) is 5.57. The van der Waals surface area contributed by atoms with Gasteiger partial charge in [-0.05, 0) is 19.2 Å². The van der Waals surface area contributed by atoms with Gasteiger partial charge >= 0.3 is 0 Å². The van der Waals surface area contributed by atoms with Gasteiger partial charge in [-0.1, -0.05) is 13.8 Å². The van der Waals surface area contributed by atoms with Gasteiger partial charge in [0.1, 0.15) is 11.6 Å². The summed E-state index contributed by atoms with van der Waals surface area (Å²) >= 11 is 0. The molecule has 0 aliphatic rings. The van der Waals surface area contributed by atoms with E-state index in [-0.39, 0.29) is 0 Å². The molecule has 0 radical (unpaired) electrons. The first-order chi connectivity index (χ1) is 6.76. The maximum atomic E-state index is 5.57. The summed E-state index contributed by atoms with van der Waals surface area (Å²) in [6.07, 6.45) is 2.58. The summed E-state index contributed by atoms with van der Waals surface area (Å²) in [6.45, 7) is 7.45. The van der Waals surface area contributed by atoms with E-state index in [1.165, 1.54) is 0 Å². The minimum atomic E-state index is 0.551. The number of likely N-dealkylation sites (N-methyl/N-ethyl adjacent to an activating group) is 1. The van der Waals surface area contributed by atoms with Crippen LogP contribution >= 0.6 is 0 Å². The van der Waals surface area contributed by atoms with E-state index in [0.29, 0.717) is 5.82 Å². The summed E-state index contributed by atoms with van der Waals surface area (Å²) in [7, 11) is 0. The van der Waals surface area contributed by atoms with E-state index in [1.807, 2.05) is 0 Å². The lowest BCUT2D eigenvalue weighted by Crippen LogP contribution is -2.25. The number of rotatable bonds is 5. The number of anilines is 1. The minimum Gasteiger partial charge on any atom is -0.384 e. The summed E-state index contributed by atoms with van der Waals surface area (Å²) in [4.78, 5) is 10.7. The van der Waals surface area contributed by atoms with Crippen LogP contribution in [0.5, 0.6) is 0 Å². The molecule has 0 saturated carbocycles. The summed E-state index contributed by atoms with van der Waals surface area (Å²) in [5.74, 6) is 1.38. The molecule has 1 heterocycles. The third kappa shape index (κ3) is 3.30. The molecule has 0 aliphatic carbocycles. The van der Waals surface area contributed by atoms with Gasteiger partial charge in [-0.25, -0.2) is 9.97 Å². The zero-order chi connectivity index (χ0) is 10.4. The van der Waals surface area contributed by atoms with Gasteiger partial charge in [0.05, 0.1) is 0 Å². The van der Waals surface area contributed by atoms with Gasteiger partial charge in [0.2, 0.25) is 0 Å². The molecule has 0 saturated heterocycles. The minimum absolute atomic E-state index is 0.551. The molecule has 0 bridgehead atoms. The van der Waals surface area contributed by atoms with Crippen LogP contribution in [-0.4, -0.2) is 34.5 Å². The Morgan fingerprint density at radius 2 is 2.07 bits per heavy atom. The average Bonchev–Trinajstić information content (AvgIpc) is 2.19. The van der Waals surface area contributed by atoms with Crippen LogP contribution in [0.2, 0.25) is 0 Å². The Labute approximate surface area is 85.2 Å². The lowest BCUT2D eigenvalue weighted by molar-refractivity contribution is 0.306. The van der Waals surface area contributed by atoms with E-state index in [1.54, 1.807) is 12.3 Å².